The second kappa shape index (κ2) is 14.0. The van der Waals surface area contributed by atoms with Crippen LogP contribution in [0.4, 0.5) is 5.69 Å². The molecule has 2 amide bonds. The fourth-order valence-electron chi connectivity index (χ4n) is 4.36. The lowest BCUT2D eigenvalue weighted by Gasteiger charge is -2.34. The highest BCUT2D eigenvalue weighted by Crippen LogP contribution is 2.30. The summed E-state index contributed by atoms with van der Waals surface area (Å²) in [6.07, 6.45) is 1.03. The van der Waals surface area contributed by atoms with Gasteiger partial charge in [0, 0.05) is 28.7 Å². The first-order chi connectivity index (χ1) is 19.0. The van der Waals surface area contributed by atoms with Gasteiger partial charge in [-0.1, -0.05) is 73.4 Å². The molecule has 0 radical (unpaired) electrons. The molecule has 3 aromatic carbocycles. The standard InChI is InChI=1S/C30H35Cl2N3O4S/c1-5-17-33-30(37)27(6-2)34(19-24-25(31)13-10-14-26(24)32)29(36)20-35(28-18-21(3)15-16-22(28)4)40(38,39)23-11-8-7-9-12-23/h7-16,18,27H,5-6,17,19-20H2,1-4H3,(H,33,37)/t27-/m1/s1. The molecule has 3 rings (SSSR count). The van der Waals surface area contributed by atoms with Gasteiger partial charge in [-0.25, -0.2) is 8.42 Å². The average molecular weight is 605 g/mol. The molecule has 1 atom stereocenters. The highest BCUT2D eigenvalue weighted by atomic mass is 35.5. The number of hydrogen-bond acceptors (Lipinski definition) is 4. The Labute approximate surface area is 247 Å². The third kappa shape index (κ3) is 7.36. The number of aryl methyl sites for hydroxylation is 2. The van der Waals surface area contributed by atoms with Crippen LogP contribution in [0.3, 0.4) is 0 Å². The Bertz CT molecular complexity index is 1430. The summed E-state index contributed by atoms with van der Waals surface area (Å²) >= 11 is 12.9. The zero-order valence-corrected chi connectivity index (χ0v) is 25.5. The number of carbonyl (C=O) groups is 2. The van der Waals surface area contributed by atoms with Crippen LogP contribution >= 0.6 is 23.2 Å². The van der Waals surface area contributed by atoms with Crippen molar-refractivity contribution >= 4 is 50.7 Å². The van der Waals surface area contributed by atoms with Gasteiger partial charge in [0.1, 0.15) is 12.6 Å². The number of hydrogen-bond donors (Lipinski definition) is 1. The summed E-state index contributed by atoms with van der Waals surface area (Å²) in [5.74, 6) is -0.889. The first kappa shape index (κ1) is 31.5. The number of rotatable bonds is 12. The monoisotopic (exact) mass is 603 g/mol. The van der Waals surface area contributed by atoms with Gasteiger partial charge in [0.05, 0.1) is 10.6 Å². The number of nitrogens with one attached hydrogen (secondary N) is 1. The molecule has 0 saturated heterocycles. The molecule has 0 bridgehead atoms. The Kier molecular flexibility index (Phi) is 11.0. The smallest absolute Gasteiger partial charge is 0.264 e. The van der Waals surface area contributed by atoms with E-state index in [9.17, 15) is 18.0 Å². The van der Waals surface area contributed by atoms with Crippen molar-refractivity contribution in [2.45, 2.75) is 58.0 Å². The van der Waals surface area contributed by atoms with E-state index >= 15 is 0 Å². The number of nitrogens with zero attached hydrogens (tertiary/aromatic N) is 2. The lowest BCUT2D eigenvalue weighted by Crippen LogP contribution is -2.52. The van der Waals surface area contributed by atoms with Gasteiger partial charge in [-0.2, -0.15) is 0 Å². The first-order valence-electron chi connectivity index (χ1n) is 13.2. The van der Waals surface area contributed by atoms with E-state index in [4.69, 9.17) is 23.2 Å². The Morgan fingerprint density at radius 1 is 0.925 bits per heavy atom. The predicted octanol–water partition coefficient (Wildman–Crippen LogP) is 6.14. The molecule has 0 aromatic heterocycles. The second-order valence-electron chi connectivity index (χ2n) is 9.55. The molecule has 0 aliphatic carbocycles. The van der Waals surface area contributed by atoms with Crippen molar-refractivity contribution in [3.63, 3.8) is 0 Å². The molecule has 3 aromatic rings. The fourth-order valence-corrected chi connectivity index (χ4v) is 6.37. The van der Waals surface area contributed by atoms with Crippen LogP contribution in [0.1, 0.15) is 43.4 Å². The van der Waals surface area contributed by atoms with Crippen LogP contribution < -0.4 is 9.62 Å². The van der Waals surface area contributed by atoms with Crippen LogP contribution in [-0.4, -0.2) is 44.3 Å². The number of carbonyl (C=O) groups excluding carboxylic acids is 2. The molecule has 0 heterocycles. The number of benzene rings is 3. The summed E-state index contributed by atoms with van der Waals surface area (Å²) in [7, 11) is -4.14. The first-order valence-corrected chi connectivity index (χ1v) is 15.4. The maximum absolute atomic E-state index is 14.2. The van der Waals surface area contributed by atoms with Crippen molar-refractivity contribution < 1.29 is 18.0 Å². The summed E-state index contributed by atoms with van der Waals surface area (Å²) in [5.41, 5.74) is 2.39. The molecule has 0 aliphatic rings. The van der Waals surface area contributed by atoms with E-state index in [2.05, 4.69) is 5.32 Å². The van der Waals surface area contributed by atoms with Crippen LogP contribution in [0.15, 0.2) is 71.6 Å². The molecule has 0 aliphatic heterocycles. The normalized spacial score (nSPS) is 12.1. The fraction of sp³-hybridized carbons (Fsp3) is 0.333. The summed E-state index contributed by atoms with van der Waals surface area (Å²) in [4.78, 5) is 28.8. The van der Waals surface area contributed by atoms with Crippen LogP contribution in [0, 0.1) is 13.8 Å². The van der Waals surface area contributed by atoms with Gasteiger partial charge < -0.3 is 10.2 Å². The van der Waals surface area contributed by atoms with Gasteiger partial charge in [-0.05, 0) is 68.1 Å². The summed E-state index contributed by atoms with van der Waals surface area (Å²) in [5, 5.41) is 3.55. The highest BCUT2D eigenvalue weighted by Gasteiger charge is 2.34. The van der Waals surface area contributed by atoms with Gasteiger partial charge >= 0.3 is 0 Å². The summed E-state index contributed by atoms with van der Waals surface area (Å²) in [6.45, 7) is 7.23. The number of amides is 2. The molecule has 0 spiro atoms. The van der Waals surface area contributed by atoms with Gasteiger partial charge in [0.2, 0.25) is 11.8 Å². The van der Waals surface area contributed by atoms with Crippen molar-refractivity contribution in [3.05, 3.63) is 93.5 Å². The number of halogens is 2. The molecule has 40 heavy (non-hydrogen) atoms. The topological polar surface area (TPSA) is 86.8 Å². The highest BCUT2D eigenvalue weighted by molar-refractivity contribution is 7.92. The second-order valence-corrected chi connectivity index (χ2v) is 12.2. The van der Waals surface area contributed by atoms with Crippen molar-refractivity contribution in [2.75, 3.05) is 17.4 Å². The number of sulfonamides is 1. The minimum atomic E-state index is -4.14. The van der Waals surface area contributed by atoms with Crippen LogP contribution in [0.25, 0.3) is 0 Å². The van der Waals surface area contributed by atoms with Gasteiger partial charge in [-0.3, -0.25) is 13.9 Å². The quantitative estimate of drug-likeness (QED) is 0.269. The lowest BCUT2D eigenvalue weighted by atomic mass is 10.1. The summed E-state index contributed by atoms with van der Waals surface area (Å²) < 4.78 is 29.1. The van der Waals surface area contributed by atoms with E-state index in [1.807, 2.05) is 26.0 Å². The van der Waals surface area contributed by atoms with Crippen molar-refractivity contribution in [1.82, 2.24) is 10.2 Å². The van der Waals surface area contributed by atoms with E-state index in [1.54, 1.807) is 56.3 Å². The Hall–Kier alpha value is -3.07. The van der Waals surface area contributed by atoms with Gasteiger partial charge in [0.25, 0.3) is 10.0 Å². The van der Waals surface area contributed by atoms with E-state index < -0.39 is 28.5 Å². The minimum absolute atomic E-state index is 0.0529. The van der Waals surface area contributed by atoms with Crippen LogP contribution in [-0.2, 0) is 26.2 Å². The molecular weight excluding hydrogens is 569 g/mol. The maximum Gasteiger partial charge on any atom is 0.264 e. The molecule has 7 nitrogen and oxygen atoms in total. The van der Waals surface area contributed by atoms with E-state index in [-0.39, 0.29) is 17.3 Å². The predicted molar refractivity (Wildman–Crippen MR) is 161 cm³/mol. The molecule has 214 valence electrons. The molecule has 10 heteroatoms. The van der Waals surface area contributed by atoms with Crippen molar-refractivity contribution in [2.24, 2.45) is 0 Å². The van der Waals surface area contributed by atoms with Gasteiger partial charge in [0.15, 0.2) is 0 Å². The lowest BCUT2D eigenvalue weighted by molar-refractivity contribution is -0.140. The summed E-state index contributed by atoms with van der Waals surface area (Å²) in [6, 6.07) is 17.6. The Morgan fingerprint density at radius 2 is 1.57 bits per heavy atom. The average Bonchev–Trinajstić information content (AvgIpc) is 2.93. The van der Waals surface area contributed by atoms with Crippen molar-refractivity contribution in [3.8, 4) is 0 Å². The molecule has 0 saturated carbocycles. The Morgan fingerprint density at radius 3 is 2.17 bits per heavy atom. The largest absolute Gasteiger partial charge is 0.354 e. The maximum atomic E-state index is 14.2. The van der Waals surface area contributed by atoms with Crippen LogP contribution in [0.2, 0.25) is 10.0 Å². The molecule has 0 unspecified atom stereocenters. The third-order valence-corrected chi connectivity index (χ3v) is 9.05. The van der Waals surface area contributed by atoms with E-state index in [0.29, 0.717) is 39.8 Å². The minimum Gasteiger partial charge on any atom is -0.354 e. The SMILES string of the molecule is CCCNC(=O)[C@@H](CC)N(Cc1c(Cl)cccc1Cl)C(=O)CN(c1cc(C)ccc1C)S(=O)(=O)c1ccccc1. The molecule has 1 N–H and O–H groups in total. The zero-order chi connectivity index (χ0) is 29.4. The van der Waals surface area contributed by atoms with E-state index in [0.717, 1.165) is 16.3 Å². The van der Waals surface area contributed by atoms with E-state index in [1.165, 1.54) is 17.0 Å². The number of anilines is 1. The van der Waals surface area contributed by atoms with Gasteiger partial charge in [-0.15, -0.1) is 0 Å². The third-order valence-electron chi connectivity index (χ3n) is 6.57. The molecule has 0 fully saturated rings. The Balaban J connectivity index is 2.12. The van der Waals surface area contributed by atoms with Crippen molar-refractivity contribution in [1.29, 1.82) is 0 Å². The van der Waals surface area contributed by atoms with Crippen LogP contribution in [0.5, 0.6) is 0 Å². The molecular formula is C30H35Cl2N3O4S. The zero-order valence-electron chi connectivity index (χ0n) is 23.2.